The average molecular weight is 174 g/mol. The number of hydrogen-bond donors (Lipinski definition) is 0. The summed E-state index contributed by atoms with van der Waals surface area (Å²) < 4.78 is 0. The predicted molar refractivity (Wildman–Crippen MR) is 55.8 cm³/mol. The molecule has 1 aromatic rings. The van der Waals surface area contributed by atoms with Crippen LogP contribution < -0.4 is 0 Å². The van der Waals surface area contributed by atoms with E-state index in [1.54, 1.807) is 6.92 Å². The molecule has 0 bridgehead atoms. The van der Waals surface area contributed by atoms with E-state index in [9.17, 15) is 4.79 Å². The number of Topliss-reactive ketones (excluding diaryl/α,β-unsaturated/α-hetero) is 1. The van der Waals surface area contributed by atoms with E-state index in [0.29, 0.717) is 0 Å². The highest BCUT2D eigenvalue weighted by Crippen LogP contribution is 2.11. The van der Waals surface area contributed by atoms with Crippen molar-refractivity contribution in [3.05, 3.63) is 41.5 Å². The number of ketones is 1. The van der Waals surface area contributed by atoms with Gasteiger partial charge in [0, 0.05) is 5.56 Å². The summed E-state index contributed by atoms with van der Waals surface area (Å²) in [4.78, 5) is 11.2. The summed E-state index contributed by atoms with van der Waals surface area (Å²) in [6.07, 6.45) is 5.05. The van der Waals surface area contributed by atoms with Crippen molar-refractivity contribution in [2.24, 2.45) is 0 Å². The molecule has 0 atom stereocenters. The maximum Gasteiger partial charge on any atom is 0.160 e. The van der Waals surface area contributed by atoms with Gasteiger partial charge in [0.25, 0.3) is 0 Å². The van der Waals surface area contributed by atoms with Crippen molar-refractivity contribution in [3.8, 4) is 0 Å². The second-order valence-electron chi connectivity index (χ2n) is 2.95. The first kappa shape index (κ1) is 9.72. The van der Waals surface area contributed by atoms with E-state index in [2.05, 4.69) is 13.0 Å². The lowest BCUT2D eigenvalue weighted by molar-refractivity contribution is 0.101. The van der Waals surface area contributed by atoms with Crippen LogP contribution in [-0.4, -0.2) is 5.78 Å². The summed E-state index contributed by atoms with van der Waals surface area (Å²) >= 11 is 0. The van der Waals surface area contributed by atoms with Gasteiger partial charge in [0.15, 0.2) is 5.78 Å². The highest BCUT2D eigenvalue weighted by Gasteiger charge is 2.01. The number of benzene rings is 1. The molecule has 0 fully saturated rings. The Hall–Kier alpha value is -1.37. The molecule has 1 aromatic carbocycles. The molecule has 0 aromatic heterocycles. The Morgan fingerprint density at radius 3 is 2.69 bits per heavy atom. The summed E-state index contributed by atoms with van der Waals surface area (Å²) in [5, 5.41) is 0. The number of hydrogen-bond acceptors (Lipinski definition) is 1. The highest BCUT2D eigenvalue weighted by molar-refractivity contribution is 5.97. The van der Waals surface area contributed by atoms with Gasteiger partial charge in [0.05, 0.1) is 0 Å². The summed E-state index contributed by atoms with van der Waals surface area (Å²) in [6.45, 7) is 3.67. The second-order valence-corrected chi connectivity index (χ2v) is 2.95. The van der Waals surface area contributed by atoms with Crippen molar-refractivity contribution < 1.29 is 4.79 Å². The number of rotatable bonds is 3. The maximum absolute atomic E-state index is 11.2. The van der Waals surface area contributed by atoms with Gasteiger partial charge in [-0.3, -0.25) is 4.79 Å². The Labute approximate surface area is 79.1 Å². The van der Waals surface area contributed by atoms with E-state index >= 15 is 0 Å². The molecule has 0 saturated carbocycles. The topological polar surface area (TPSA) is 17.1 Å². The predicted octanol–water partition coefficient (Wildman–Crippen LogP) is 3.31. The monoisotopic (exact) mass is 174 g/mol. The zero-order chi connectivity index (χ0) is 9.68. The highest BCUT2D eigenvalue weighted by atomic mass is 16.1. The molecule has 0 radical (unpaired) electrons. The van der Waals surface area contributed by atoms with Crippen molar-refractivity contribution in [1.82, 2.24) is 0 Å². The Balaban J connectivity index is 3.05. The van der Waals surface area contributed by atoms with Gasteiger partial charge in [-0.15, -0.1) is 0 Å². The lowest BCUT2D eigenvalue weighted by Gasteiger charge is -2.00. The molecule has 0 saturated heterocycles. The van der Waals surface area contributed by atoms with Crippen LogP contribution in [0.25, 0.3) is 6.08 Å². The Kier molecular flexibility index (Phi) is 3.44. The molecule has 0 spiro atoms. The van der Waals surface area contributed by atoms with Gasteiger partial charge in [-0.25, -0.2) is 0 Å². The van der Waals surface area contributed by atoms with E-state index in [1.165, 1.54) is 0 Å². The molecule has 0 N–H and O–H groups in total. The minimum Gasteiger partial charge on any atom is -0.294 e. The van der Waals surface area contributed by atoms with Crippen molar-refractivity contribution in [2.75, 3.05) is 0 Å². The molecule has 0 heterocycles. The van der Waals surface area contributed by atoms with Crippen LogP contribution in [0.5, 0.6) is 0 Å². The first-order chi connectivity index (χ1) is 6.25. The standard InChI is InChI=1S/C12H14O/c1-3-4-7-11-8-5-6-9-12(11)10(2)13/h4-9H,3H2,1-2H3/b7-4+. The summed E-state index contributed by atoms with van der Waals surface area (Å²) in [5.41, 5.74) is 1.81. The van der Waals surface area contributed by atoms with Gasteiger partial charge in [-0.2, -0.15) is 0 Å². The maximum atomic E-state index is 11.2. The SMILES string of the molecule is CC/C=C/c1ccccc1C(C)=O. The van der Waals surface area contributed by atoms with Gasteiger partial charge < -0.3 is 0 Å². The molecule has 0 unspecified atom stereocenters. The normalized spacial score (nSPS) is 10.6. The van der Waals surface area contributed by atoms with E-state index in [0.717, 1.165) is 17.5 Å². The van der Waals surface area contributed by atoms with E-state index in [1.807, 2.05) is 30.3 Å². The van der Waals surface area contributed by atoms with Gasteiger partial charge in [0.1, 0.15) is 0 Å². The molecule has 1 rings (SSSR count). The lowest BCUT2D eigenvalue weighted by Crippen LogP contribution is -1.94. The summed E-state index contributed by atoms with van der Waals surface area (Å²) in [7, 11) is 0. The summed E-state index contributed by atoms with van der Waals surface area (Å²) in [5.74, 6) is 0.122. The molecule has 13 heavy (non-hydrogen) atoms. The third kappa shape index (κ3) is 2.55. The van der Waals surface area contributed by atoms with Gasteiger partial charge >= 0.3 is 0 Å². The van der Waals surface area contributed by atoms with Crippen molar-refractivity contribution in [2.45, 2.75) is 20.3 Å². The minimum absolute atomic E-state index is 0.122. The lowest BCUT2D eigenvalue weighted by atomic mass is 10.0. The van der Waals surface area contributed by atoms with Crippen LogP contribution in [-0.2, 0) is 0 Å². The number of carbonyl (C=O) groups excluding carboxylic acids is 1. The Morgan fingerprint density at radius 2 is 2.08 bits per heavy atom. The molecule has 0 amide bonds. The van der Waals surface area contributed by atoms with Crippen molar-refractivity contribution in [1.29, 1.82) is 0 Å². The largest absolute Gasteiger partial charge is 0.294 e. The molecular weight excluding hydrogens is 160 g/mol. The van der Waals surface area contributed by atoms with Gasteiger partial charge in [0.2, 0.25) is 0 Å². The fourth-order valence-corrected chi connectivity index (χ4v) is 1.21. The molecular formula is C12H14O. The van der Waals surface area contributed by atoms with Gasteiger partial charge in [-0.1, -0.05) is 43.3 Å². The fraction of sp³-hybridized carbons (Fsp3) is 0.250. The smallest absolute Gasteiger partial charge is 0.160 e. The van der Waals surface area contributed by atoms with E-state index < -0.39 is 0 Å². The Bertz CT molecular complexity index is 324. The summed E-state index contributed by atoms with van der Waals surface area (Å²) in [6, 6.07) is 7.66. The minimum atomic E-state index is 0.122. The quantitative estimate of drug-likeness (QED) is 0.642. The molecule has 0 aliphatic rings. The zero-order valence-electron chi connectivity index (χ0n) is 8.08. The average Bonchev–Trinajstić information content (AvgIpc) is 2.15. The fourth-order valence-electron chi connectivity index (χ4n) is 1.21. The van der Waals surface area contributed by atoms with Gasteiger partial charge in [-0.05, 0) is 18.9 Å². The van der Waals surface area contributed by atoms with E-state index in [-0.39, 0.29) is 5.78 Å². The van der Waals surface area contributed by atoms with Crippen LogP contribution in [0.3, 0.4) is 0 Å². The third-order valence-electron chi connectivity index (χ3n) is 1.87. The molecule has 0 aliphatic heterocycles. The first-order valence-corrected chi connectivity index (χ1v) is 4.52. The Morgan fingerprint density at radius 1 is 1.38 bits per heavy atom. The van der Waals surface area contributed by atoms with Crippen LogP contribution in [0.2, 0.25) is 0 Å². The molecule has 1 heteroatoms. The van der Waals surface area contributed by atoms with Crippen LogP contribution in [0.4, 0.5) is 0 Å². The second kappa shape index (κ2) is 4.61. The van der Waals surface area contributed by atoms with Crippen LogP contribution in [0.15, 0.2) is 30.3 Å². The van der Waals surface area contributed by atoms with Crippen molar-refractivity contribution in [3.63, 3.8) is 0 Å². The van der Waals surface area contributed by atoms with Crippen LogP contribution in [0, 0.1) is 0 Å². The third-order valence-corrected chi connectivity index (χ3v) is 1.87. The number of allylic oxidation sites excluding steroid dienone is 1. The molecule has 1 nitrogen and oxygen atoms in total. The first-order valence-electron chi connectivity index (χ1n) is 4.52. The molecule has 0 aliphatic carbocycles. The number of carbonyl (C=O) groups is 1. The zero-order valence-corrected chi connectivity index (χ0v) is 8.08. The van der Waals surface area contributed by atoms with Crippen molar-refractivity contribution >= 4 is 11.9 Å². The van der Waals surface area contributed by atoms with Crippen LogP contribution >= 0.6 is 0 Å². The van der Waals surface area contributed by atoms with E-state index in [4.69, 9.17) is 0 Å². The molecule has 68 valence electrons. The van der Waals surface area contributed by atoms with Crippen LogP contribution in [0.1, 0.15) is 36.2 Å².